The van der Waals surface area contributed by atoms with Crippen LogP contribution in [0.5, 0.6) is 0 Å². The first kappa shape index (κ1) is 17.3. The second-order valence-electron chi connectivity index (χ2n) is 6.95. The Hall–Kier alpha value is -2.56. The van der Waals surface area contributed by atoms with Crippen molar-refractivity contribution in [1.82, 2.24) is 0 Å². The number of carbonyl (C=O) groups is 1. The highest BCUT2D eigenvalue weighted by molar-refractivity contribution is 5.85. The van der Waals surface area contributed by atoms with E-state index in [-0.39, 0.29) is 29.8 Å². The van der Waals surface area contributed by atoms with Gasteiger partial charge in [0, 0.05) is 24.1 Å². The average Bonchev–Trinajstić information content (AvgIpc) is 2.92. The molecule has 3 rings (SSSR count). The lowest BCUT2D eigenvalue weighted by Crippen LogP contribution is -2.10. The molecule has 5 nitrogen and oxygen atoms in total. The van der Waals surface area contributed by atoms with Crippen molar-refractivity contribution >= 4 is 12.2 Å². The van der Waals surface area contributed by atoms with Crippen LogP contribution in [0.2, 0.25) is 0 Å². The van der Waals surface area contributed by atoms with Crippen molar-refractivity contribution in [2.75, 3.05) is 7.11 Å². The Bertz CT molecular complexity index is 748. The van der Waals surface area contributed by atoms with E-state index in [0.29, 0.717) is 0 Å². The maximum Gasteiger partial charge on any atom is 0.310 e. The third-order valence-electron chi connectivity index (χ3n) is 4.80. The van der Waals surface area contributed by atoms with Gasteiger partial charge in [-0.15, -0.1) is 0 Å². The summed E-state index contributed by atoms with van der Waals surface area (Å²) in [6.07, 6.45) is 4.05. The van der Waals surface area contributed by atoms with Crippen LogP contribution >= 0.6 is 0 Å². The number of esters is 1. The van der Waals surface area contributed by atoms with Gasteiger partial charge < -0.3 is 14.0 Å². The van der Waals surface area contributed by atoms with E-state index in [1.54, 1.807) is 12.5 Å². The molecule has 1 heterocycles. The average molecular weight is 341 g/mol. The Morgan fingerprint density at radius 2 is 2.04 bits per heavy atom. The topological polar surface area (TPSA) is 61.0 Å². The lowest BCUT2D eigenvalue weighted by molar-refractivity contribution is -0.147. The summed E-state index contributed by atoms with van der Waals surface area (Å²) >= 11 is 0. The van der Waals surface area contributed by atoms with Crippen LogP contribution in [0.3, 0.4) is 0 Å². The van der Waals surface area contributed by atoms with Crippen LogP contribution < -0.4 is 0 Å². The highest BCUT2D eigenvalue weighted by atomic mass is 16.6. The molecule has 0 amide bonds. The Morgan fingerprint density at radius 1 is 1.28 bits per heavy atom. The molecular formula is C20H23NO4. The third-order valence-corrected chi connectivity index (χ3v) is 4.80. The Kier molecular flexibility index (Phi) is 4.93. The van der Waals surface area contributed by atoms with Gasteiger partial charge in [0.05, 0.1) is 12.2 Å². The first-order valence-corrected chi connectivity index (χ1v) is 8.36. The quantitative estimate of drug-likeness (QED) is 0.436. The molecule has 1 aliphatic rings. The summed E-state index contributed by atoms with van der Waals surface area (Å²) in [5, 5.41) is 3.78. The van der Waals surface area contributed by atoms with Crippen molar-refractivity contribution in [2.24, 2.45) is 22.4 Å². The monoisotopic (exact) mass is 341 g/mol. The van der Waals surface area contributed by atoms with Gasteiger partial charge in [-0.1, -0.05) is 49.3 Å². The highest BCUT2D eigenvalue weighted by Gasteiger charge is 2.62. The minimum atomic E-state index is -0.205. The van der Waals surface area contributed by atoms with Crippen LogP contribution in [0.4, 0.5) is 0 Å². The number of hydrogen-bond donors (Lipinski definition) is 0. The van der Waals surface area contributed by atoms with Gasteiger partial charge in [-0.05, 0) is 17.0 Å². The van der Waals surface area contributed by atoms with Gasteiger partial charge >= 0.3 is 5.97 Å². The van der Waals surface area contributed by atoms with Gasteiger partial charge in [-0.25, -0.2) is 0 Å². The predicted octanol–water partition coefficient (Wildman–Crippen LogP) is 3.82. The zero-order valence-electron chi connectivity index (χ0n) is 14.8. The first-order chi connectivity index (χ1) is 12.0. The minimum absolute atomic E-state index is 0.0536. The second-order valence-corrected chi connectivity index (χ2v) is 6.95. The van der Waals surface area contributed by atoms with Crippen LogP contribution in [0.25, 0.3) is 0 Å². The van der Waals surface area contributed by atoms with Crippen molar-refractivity contribution in [3.05, 3.63) is 59.5 Å². The smallest absolute Gasteiger partial charge is 0.310 e. The maximum atomic E-state index is 12.3. The number of oxime groups is 1. The summed E-state index contributed by atoms with van der Waals surface area (Å²) in [7, 11) is 1.49. The number of hydrogen-bond acceptors (Lipinski definition) is 5. The summed E-state index contributed by atoms with van der Waals surface area (Å²) in [5.74, 6) is 0.525. The molecule has 132 valence electrons. The first-order valence-electron chi connectivity index (χ1n) is 8.36. The van der Waals surface area contributed by atoms with Crippen molar-refractivity contribution in [2.45, 2.75) is 26.9 Å². The van der Waals surface area contributed by atoms with Crippen LogP contribution in [-0.4, -0.2) is 19.3 Å². The van der Waals surface area contributed by atoms with Gasteiger partial charge in [-0.2, -0.15) is 0 Å². The largest absolute Gasteiger partial charge is 0.469 e. The van der Waals surface area contributed by atoms with E-state index in [4.69, 9.17) is 14.0 Å². The van der Waals surface area contributed by atoms with Gasteiger partial charge in [0.15, 0.2) is 0 Å². The molecule has 0 spiro atoms. The molecular weight excluding hydrogens is 318 g/mol. The summed E-state index contributed by atoms with van der Waals surface area (Å²) in [4.78, 5) is 17.0. The van der Waals surface area contributed by atoms with Crippen LogP contribution in [0.15, 0.2) is 52.2 Å². The van der Waals surface area contributed by atoms with Crippen LogP contribution in [0.1, 0.15) is 30.7 Å². The molecule has 0 radical (unpaired) electrons. The molecule has 0 N–H and O–H groups in total. The van der Waals surface area contributed by atoms with E-state index < -0.39 is 0 Å². The van der Waals surface area contributed by atoms with E-state index >= 15 is 0 Å². The summed E-state index contributed by atoms with van der Waals surface area (Å²) in [6, 6.07) is 12.0. The molecule has 0 saturated heterocycles. The summed E-state index contributed by atoms with van der Waals surface area (Å²) in [6.45, 7) is 4.28. The maximum absolute atomic E-state index is 12.3. The van der Waals surface area contributed by atoms with E-state index in [1.807, 2.05) is 38.1 Å². The van der Waals surface area contributed by atoms with E-state index in [2.05, 4.69) is 17.3 Å². The molecule has 2 aromatic rings. The van der Waals surface area contributed by atoms with Gasteiger partial charge in [-0.3, -0.25) is 4.79 Å². The number of carbonyl (C=O) groups excluding carboxylic acids is 1. The van der Waals surface area contributed by atoms with Crippen molar-refractivity contribution in [1.29, 1.82) is 0 Å². The lowest BCUT2D eigenvalue weighted by atomic mass is 10.1. The molecule has 1 saturated carbocycles. The molecule has 1 aromatic heterocycles. The van der Waals surface area contributed by atoms with Gasteiger partial charge in [0.2, 0.25) is 0 Å². The highest BCUT2D eigenvalue weighted by Crippen LogP contribution is 2.57. The molecule has 0 bridgehead atoms. The second kappa shape index (κ2) is 7.13. The Balaban J connectivity index is 1.52. The fraction of sp³-hybridized carbons (Fsp3) is 0.400. The fourth-order valence-corrected chi connectivity index (χ4v) is 3.17. The van der Waals surface area contributed by atoms with Gasteiger partial charge in [0.1, 0.15) is 19.5 Å². The number of furan rings is 1. The number of rotatable bonds is 7. The minimum Gasteiger partial charge on any atom is -0.469 e. The molecule has 1 aromatic carbocycles. The zero-order valence-corrected chi connectivity index (χ0v) is 14.8. The molecule has 0 unspecified atom stereocenters. The lowest BCUT2D eigenvalue weighted by Gasteiger charge is -2.03. The Morgan fingerprint density at radius 3 is 2.76 bits per heavy atom. The van der Waals surface area contributed by atoms with E-state index in [1.165, 1.54) is 12.7 Å². The van der Waals surface area contributed by atoms with Crippen molar-refractivity contribution < 1.29 is 18.8 Å². The molecule has 0 aliphatic heterocycles. The van der Waals surface area contributed by atoms with E-state index in [0.717, 1.165) is 17.7 Å². The fourth-order valence-electron chi connectivity index (χ4n) is 3.17. The SMILES string of the molecule is CO/N=C/[C@@H]1[C@@H](C(=O)OCc2coc(Cc3ccccc3)c2)C1(C)C. The van der Waals surface area contributed by atoms with Crippen LogP contribution in [-0.2, 0) is 27.4 Å². The molecule has 5 heteroatoms. The molecule has 25 heavy (non-hydrogen) atoms. The molecule has 1 fully saturated rings. The normalized spacial score (nSPS) is 21.2. The number of ether oxygens (including phenoxy) is 1. The third kappa shape index (κ3) is 3.92. The molecule has 1 aliphatic carbocycles. The Labute approximate surface area is 147 Å². The predicted molar refractivity (Wildman–Crippen MR) is 94.0 cm³/mol. The summed E-state index contributed by atoms with van der Waals surface area (Å²) in [5.41, 5.74) is 1.90. The number of nitrogens with zero attached hydrogens (tertiary/aromatic N) is 1. The van der Waals surface area contributed by atoms with Gasteiger partial charge in [0.25, 0.3) is 0 Å². The van der Waals surface area contributed by atoms with Crippen molar-refractivity contribution in [3.8, 4) is 0 Å². The number of benzene rings is 1. The van der Waals surface area contributed by atoms with Crippen molar-refractivity contribution in [3.63, 3.8) is 0 Å². The zero-order chi connectivity index (χ0) is 17.9. The van der Waals surface area contributed by atoms with E-state index in [9.17, 15) is 4.79 Å². The standard InChI is InChI=1S/C20H23NO4/c1-20(2)17(11-21-23-3)18(20)19(22)25-13-15-10-16(24-12-15)9-14-7-5-4-6-8-14/h4-8,10-12,17-18H,9,13H2,1-3H3/b21-11+/t17-,18+/m1/s1. The van der Waals surface area contributed by atoms with Crippen LogP contribution in [0, 0.1) is 17.3 Å². The summed E-state index contributed by atoms with van der Waals surface area (Å²) < 4.78 is 11.0. The molecule has 2 atom stereocenters.